The number of carbonyl (C=O) groups excluding carboxylic acids is 1. The molecule has 0 spiro atoms. The highest BCUT2D eigenvalue weighted by Gasteiger charge is 2.31. The number of nitrogens with one attached hydrogen (secondary N) is 1. The fourth-order valence-electron chi connectivity index (χ4n) is 3.27. The van der Waals surface area contributed by atoms with Gasteiger partial charge >= 0.3 is 0 Å². The number of aryl methyl sites for hydroxylation is 1. The largest absolute Gasteiger partial charge is 0.329 e. The van der Waals surface area contributed by atoms with Crippen LogP contribution in [-0.4, -0.2) is 27.4 Å². The summed E-state index contributed by atoms with van der Waals surface area (Å²) in [5, 5.41) is 5.06. The summed E-state index contributed by atoms with van der Waals surface area (Å²) in [7, 11) is 0. The number of aromatic amines is 1. The van der Waals surface area contributed by atoms with Gasteiger partial charge in [0, 0.05) is 13.5 Å². The van der Waals surface area contributed by atoms with Crippen molar-refractivity contribution in [2.24, 2.45) is 0 Å². The Hall–Kier alpha value is -2.21. The van der Waals surface area contributed by atoms with Crippen molar-refractivity contribution in [3.63, 3.8) is 0 Å². The third-order valence-corrected chi connectivity index (χ3v) is 5.40. The molecule has 1 saturated heterocycles. The van der Waals surface area contributed by atoms with E-state index in [-0.39, 0.29) is 11.9 Å². The predicted molar refractivity (Wildman–Crippen MR) is 88.4 cm³/mol. The second-order valence-corrected chi connectivity index (χ2v) is 6.96. The summed E-state index contributed by atoms with van der Waals surface area (Å²) in [6, 6.07) is 10.5. The highest BCUT2D eigenvalue weighted by atomic mass is 32.1. The number of H-pyrrole nitrogens is 1. The number of aromatic nitrogens is 3. The van der Waals surface area contributed by atoms with Crippen LogP contribution in [0.4, 0.5) is 0 Å². The number of carbonyl (C=O) groups is 1. The fourth-order valence-corrected chi connectivity index (χ4v) is 4.17. The standard InChI is InChI=1S/C17H18N4OS/c1-12-18-11-15-21(12)19-16(23-15)17(22)20-10-6-5-9-14(20)13-7-3-2-4-8-13/h2-4,7-8,11,14H,5-6,9-10H2,1H3/p+1. The van der Waals surface area contributed by atoms with Crippen molar-refractivity contribution >= 4 is 22.1 Å². The molecule has 0 aliphatic carbocycles. The van der Waals surface area contributed by atoms with Crippen LogP contribution in [0, 0.1) is 6.92 Å². The zero-order valence-electron chi connectivity index (χ0n) is 13.0. The number of hydrogen-bond donors (Lipinski definition) is 1. The van der Waals surface area contributed by atoms with Crippen molar-refractivity contribution < 1.29 is 9.31 Å². The summed E-state index contributed by atoms with van der Waals surface area (Å²) in [6.07, 6.45) is 5.14. The van der Waals surface area contributed by atoms with E-state index in [2.05, 4.69) is 22.2 Å². The van der Waals surface area contributed by atoms with Crippen molar-refractivity contribution in [1.82, 2.24) is 15.0 Å². The fraction of sp³-hybridized carbons (Fsp3) is 0.353. The minimum absolute atomic E-state index is 0.0478. The molecule has 1 amide bonds. The molecule has 3 aromatic rings. The summed E-state index contributed by atoms with van der Waals surface area (Å²) in [5.74, 6) is 0.986. The lowest BCUT2D eigenvalue weighted by Crippen LogP contribution is -2.39. The van der Waals surface area contributed by atoms with Gasteiger partial charge in [-0.05, 0) is 24.8 Å². The first-order chi connectivity index (χ1) is 11.2. The van der Waals surface area contributed by atoms with E-state index < -0.39 is 0 Å². The summed E-state index contributed by atoms with van der Waals surface area (Å²) in [5.41, 5.74) is 1.22. The molecule has 1 unspecified atom stereocenters. The Morgan fingerprint density at radius 2 is 2.17 bits per heavy atom. The zero-order chi connectivity index (χ0) is 15.8. The SMILES string of the molecule is Cc1[nH]cc2sc(C(=O)N3CCCCC3c3ccccc3)n[n+]12. The van der Waals surface area contributed by atoms with Gasteiger partial charge in [0.15, 0.2) is 0 Å². The number of likely N-dealkylation sites (tertiary alicyclic amines) is 1. The van der Waals surface area contributed by atoms with Crippen LogP contribution < -0.4 is 4.52 Å². The summed E-state index contributed by atoms with van der Waals surface area (Å²) in [4.78, 5) is 19.1. The molecule has 1 atom stereocenters. The van der Waals surface area contributed by atoms with Crippen LogP contribution in [0.1, 0.15) is 46.5 Å². The van der Waals surface area contributed by atoms with E-state index in [0.717, 1.165) is 36.5 Å². The number of benzene rings is 1. The van der Waals surface area contributed by atoms with E-state index in [1.165, 1.54) is 16.9 Å². The van der Waals surface area contributed by atoms with Crippen LogP contribution in [0.25, 0.3) is 4.83 Å². The molecular weight excluding hydrogens is 308 g/mol. The molecule has 1 aromatic carbocycles. The van der Waals surface area contributed by atoms with Gasteiger partial charge in [-0.25, -0.2) is 4.98 Å². The maximum atomic E-state index is 13.0. The Kier molecular flexibility index (Phi) is 3.61. The Morgan fingerprint density at radius 3 is 2.96 bits per heavy atom. The molecule has 2 aromatic heterocycles. The Bertz CT molecular complexity index is 839. The van der Waals surface area contributed by atoms with Crippen LogP contribution >= 0.6 is 11.3 Å². The van der Waals surface area contributed by atoms with Gasteiger partial charge in [-0.15, -0.1) is 0 Å². The van der Waals surface area contributed by atoms with Gasteiger partial charge in [0.2, 0.25) is 5.01 Å². The number of nitrogens with zero attached hydrogens (tertiary/aromatic N) is 3. The normalized spacial score (nSPS) is 18.5. The summed E-state index contributed by atoms with van der Waals surface area (Å²) < 4.78 is 1.80. The second-order valence-electron chi connectivity index (χ2n) is 5.95. The first kappa shape index (κ1) is 14.4. The lowest BCUT2D eigenvalue weighted by molar-refractivity contribution is -0.582. The zero-order valence-corrected chi connectivity index (χ0v) is 13.8. The summed E-state index contributed by atoms with van der Waals surface area (Å²) in [6.45, 7) is 2.76. The van der Waals surface area contributed by atoms with Crippen molar-refractivity contribution in [3.05, 3.63) is 52.9 Å². The molecule has 3 heterocycles. The van der Waals surface area contributed by atoms with E-state index in [1.54, 1.807) is 4.52 Å². The monoisotopic (exact) mass is 327 g/mol. The molecular formula is C17H19N4OS+. The molecule has 1 N–H and O–H groups in total. The molecule has 4 rings (SSSR count). The van der Waals surface area contributed by atoms with E-state index in [4.69, 9.17) is 0 Å². The van der Waals surface area contributed by atoms with E-state index >= 15 is 0 Å². The minimum atomic E-state index is 0.0478. The maximum Gasteiger partial charge on any atom is 0.287 e. The molecule has 6 heteroatoms. The minimum Gasteiger partial charge on any atom is -0.329 e. The number of rotatable bonds is 2. The molecule has 1 aliphatic rings. The number of imidazole rings is 1. The molecule has 23 heavy (non-hydrogen) atoms. The summed E-state index contributed by atoms with van der Waals surface area (Å²) >= 11 is 1.45. The maximum absolute atomic E-state index is 13.0. The number of amides is 1. The van der Waals surface area contributed by atoms with Gasteiger partial charge in [-0.2, -0.15) is 0 Å². The molecule has 0 radical (unpaired) electrons. The number of fused-ring (bicyclic) bond motifs is 1. The topological polar surface area (TPSA) is 53.1 Å². The predicted octanol–water partition coefficient (Wildman–Crippen LogP) is 2.89. The number of hydrogen-bond acceptors (Lipinski definition) is 3. The van der Waals surface area contributed by atoms with Crippen molar-refractivity contribution in [2.45, 2.75) is 32.2 Å². The first-order valence-corrected chi connectivity index (χ1v) is 8.78. The van der Waals surface area contributed by atoms with Crippen LogP contribution in [0.5, 0.6) is 0 Å². The Labute approximate surface area is 138 Å². The van der Waals surface area contributed by atoms with Crippen LogP contribution in [-0.2, 0) is 0 Å². The molecule has 1 aliphatic heterocycles. The average Bonchev–Trinajstić information content (AvgIpc) is 3.17. The second kappa shape index (κ2) is 5.77. The highest BCUT2D eigenvalue weighted by Crippen LogP contribution is 2.32. The smallest absolute Gasteiger partial charge is 0.287 e. The van der Waals surface area contributed by atoms with Crippen molar-refractivity contribution in [3.8, 4) is 0 Å². The average molecular weight is 327 g/mol. The Morgan fingerprint density at radius 1 is 1.35 bits per heavy atom. The number of piperidine rings is 1. The van der Waals surface area contributed by atoms with Gasteiger partial charge < -0.3 is 4.90 Å². The first-order valence-electron chi connectivity index (χ1n) is 7.97. The lowest BCUT2D eigenvalue weighted by atomic mass is 9.95. The molecule has 1 fully saturated rings. The van der Waals surface area contributed by atoms with E-state index in [9.17, 15) is 4.79 Å². The third kappa shape index (κ3) is 2.53. The van der Waals surface area contributed by atoms with Crippen LogP contribution in [0.3, 0.4) is 0 Å². The van der Waals surface area contributed by atoms with Crippen LogP contribution in [0.15, 0.2) is 36.5 Å². The van der Waals surface area contributed by atoms with Gasteiger partial charge in [-0.1, -0.05) is 51.3 Å². The molecule has 0 bridgehead atoms. The molecule has 118 valence electrons. The molecule has 5 nitrogen and oxygen atoms in total. The molecule has 0 saturated carbocycles. The van der Waals surface area contributed by atoms with Gasteiger partial charge in [0.25, 0.3) is 16.6 Å². The van der Waals surface area contributed by atoms with Crippen molar-refractivity contribution in [1.29, 1.82) is 0 Å². The third-order valence-electron chi connectivity index (χ3n) is 4.45. The van der Waals surface area contributed by atoms with Gasteiger partial charge in [-0.3, -0.25) is 4.79 Å². The quantitative estimate of drug-likeness (QED) is 0.736. The Balaban J connectivity index is 1.67. The van der Waals surface area contributed by atoms with Gasteiger partial charge in [0.1, 0.15) is 6.20 Å². The van der Waals surface area contributed by atoms with Crippen molar-refractivity contribution in [2.75, 3.05) is 6.54 Å². The lowest BCUT2D eigenvalue weighted by Gasteiger charge is -2.35. The van der Waals surface area contributed by atoms with E-state index in [1.807, 2.05) is 36.2 Å². The van der Waals surface area contributed by atoms with Gasteiger partial charge in [0.05, 0.1) is 6.04 Å². The van der Waals surface area contributed by atoms with E-state index in [0.29, 0.717) is 5.01 Å². The van der Waals surface area contributed by atoms with Crippen LogP contribution in [0.2, 0.25) is 0 Å². The highest BCUT2D eigenvalue weighted by molar-refractivity contribution is 7.18.